The SMILES string of the molecule is Nc1cc(NCCn2cccn2)ccn1. The molecule has 0 amide bonds. The Morgan fingerprint density at radius 1 is 1.40 bits per heavy atom. The third-order valence-corrected chi connectivity index (χ3v) is 2.01. The molecule has 3 N–H and O–H groups in total. The minimum atomic E-state index is 0.527. The van der Waals surface area contributed by atoms with E-state index < -0.39 is 0 Å². The molecular weight excluding hydrogens is 190 g/mol. The molecule has 0 aliphatic carbocycles. The molecule has 0 unspecified atom stereocenters. The molecule has 2 rings (SSSR count). The van der Waals surface area contributed by atoms with Crippen LogP contribution in [0.1, 0.15) is 0 Å². The Morgan fingerprint density at radius 3 is 3.07 bits per heavy atom. The molecule has 2 heterocycles. The minimum Gasteiger partial charge on any atom is -0.384 e. The molecular formula is C10H13N5. The van der Waals surface area contributed by atoms with E-state index in [1.807, 2.05) is 29.1 Å². The quantitative estimate of drug-likeness (QED) is 0.777. The van der Waals surface area contributed by atoms with Gasteiger partial charge in [-0.1, -0.05) is 0 Å². The van der Waals surface area contributed by atoms with E-state index in [1.165, 1.54) is 0 Å². The van der Waals surface area contributed by atoms with E-state index in [-0.39, 0.29) is 0 Å². The first-order valence-electron chi connectivity index (χ1n) is 4.77. The largest absolute Gasteiger partial charge is 0.384 e. The lowest BCUT2D eigenvalue weighted by Gasteiger charge is -2.06. The van der Waals surface area contributed by atoms with E-state index in [0.717, 1.165) is 18.8 Å². The fourth-order valence-corrected chi connectivity index (χ4v) is 1.31. The number of nitrogen functional groups attached to an aromatic ring is 1. The van der Waals surface area contributed by atoms with Gasteiger partial charge in [0, 0.05) is 36.9 Å². The first-order chi connectivity index (χ1) is 7.34. The summed E-state index contributed by atoms with van der Waals surface area (Å²) >= 11 is 0. The topological polar surface area (TPSA) is 68.8 Å². The van der Waals surface area contributed by atoms with Crippen molar-refractivity contribution in [1.29, 1.82) is 0 Å². The number of hydrogen-bond donors (Lipinski definition) is 2. The Kier molecular flexibility index (Phi) is 2.82. The molecule has 0 aliphatic heterocycles. The van der Waals surface area contributed by atoms with Crippen LogP contribution in [0.4, 0.5) is 11.5 Å². The monoisotopic (exact) mass is 203 g/mol. The molecule has 0 bridgehead atoms. The van der Waals surface area contributed by atoms with Crippen LogP contribution in [0.3, 0.4) is 0 Å². The normalized spacial score (nSPS) is 10.1. The van der Waals surface area contributed by atoms with E-state index in [0.29, 0.717) is 5.82 Å². The number of nitrogens with one attached hydrogen (secondary N) is 1. The van der Waals surface area contributed by atoms with Gasteiger partial charge in [-0.2, -0.15) is 5.10 Å². The van der Waals surface area contributed by atoms with Crippen LogP contribution in [0.2, 0.25) is 0 Å². The van der Waals surface area contributed by atoms with Gasteiger partial charge < -0.3 is 11.1 Å². The van der Waals surface area contributed by atoms with Gasteiger partial charge in [0.15, 0.2) is 0 Å². The fraction of sp³-hybridized carbons (Fsp3) is 0.200. The zero-order valence-electron chi connectivity index (χ0n) is 8.30. The van der Waals surface area contributed by atoms with Crippen molar-refractivity contribution in [1.82, 2.24) is 14.8 Å². The highest BCUT2D eigenvalue weighted by Gasteiger charge is 1.93. The maximum absolute atomic E-state index is 5.56. The second kappa shape index (κ2) is 4.45. The van der Waals surface area contributed by atoms with Gasteiger partial charge in [0.05, 0.1) is 6.54 Å². The van der Waals surface area contributed by atoms with Gasteiger partial charge in [-0.15, -0.1) is 0 Å². The number of hydrogen-bond acceptors (Lipinski definition) is 4. The van der Waals surface area contributed by atoms with Crippen molar-refractivity contribution in [3.05, 3.63) is 36.8 Å². The average Bonchev–Trinajstić information content (AvgIpc) is 2.71. The fourth-order valence-electron chi connectivity index (χ4n) is 1.31. The number of aromatic nitrogens is 3. The summed E-state index contributed by atoms with van der Waals surface area (Å²) in [5.41, 5.74) is 6.54. The summed E-state index contributed by atoms with van der Waals surface area (Å²) in [6.45, 7) is 1.64. The van der Waals surface area contributed by atoms with Crippen molar-refractivity contribution in [2.75, 3.05) is 17.6 Å². The summed E-state index contributed by atoms with van der Waals surface area (Å²) in [7, 11) is 0. The molecule has 5 heteroatoms. The summed E-state index contributed by atoms with van der Waals surface area (Å²) in [4.78, 5) is 3.92. The van der Waals surface area contributed by atoms with Gasteiger partial charge >= 0.3 is 0 Å². The van der Waals surface area contributed by atoms with Crippen molar-refractivity contribution in [3.63, 3.8) is 0 Å². The Hall–Kier alpha value is -2.04. The summed E-state index contributed by atoms with van der Waals surface area (Å²) in [6, 6.07) is 5.60. The lowest BCUT2D eigenvalue weighted by atomic mass is 10.4. The highest BCUT2D eigenvalue weighted by molar-refractivity contribution is 5.49. The number of pyridine rings is 1. The van der Waals surface area contributed by atoms with Crippen molar-refractivity contribution in [3.8, 4) is 0 Å². The van der Waals surface area contributed by atoms with Crippen LogP contribution in [0.15, 0.2) is 36.8 Å². The molecule has 0 fully saturated rings. The summed E-state index contributed by atoms with van der Waals surface area (Å²) in [5, 5.41) is 7.35. The number of nitrogens with zero attached hydrogens (tertiary/aromatic N) is 3. The van der Waals surface area contributed by atoms with Crippen LogP contribution in [-0.4, -0.2) is 21.3 Å². The van der Waals surface area contributed by atoms with E-state index in [4.69, 9.17) is 5.73 Å². The lowest BCUT2D eigenvalue weighted by molar-refractivity contribution is 0.638. The molecule has 0 spiro atoms. The lowest BCUT2D eigenvalue weighted by Crippen LogP contribution is -2.10. The molecule has 0 aromatic carbocycles. The molecule has 0 radical (unpaired) electrons. The average molecular weight is 203 g/mol. The van der Waals surface area contributed by atoms with E-state index in [9.17, 15) is 0 Å². The summed E-state index contributed by atoms with van der Waals surface area (Å²) in [5.74, 6) is 0.527. The maximum atomic E-state index is 5.56. The van der Waals surface area contributed by atoms with Crippen molar-refractivity contribution >= 4 is 11.5 Å². The minimum absolute atomic E-state index is 0.527. The molecule has 0 aliphatic rings. The third kappa shape index (κ3) is 2.70. The number of rotatable bonds is 4. The second-order valence-corrected chi connectivity index (χ2v) is 3.17. The molecule has 78 valence electrons. The first-order valence-corrected chi connectivity index (χ1v) is 4.77. The third-order valence-electron chi connectivity index (χ3n) is 2.01. The Morgan fingerprint density at radius 2 is 2.33 bits per heavy atom. The van der Waals surface area contributed by atoms with Crippen LogP contribution in [0.25, 0.3) is 0 Å². The summed E-state index contributed by atoms with van der Waals surface area (Å²) in [6.07, 6.45) is 5.39. The molecule has 15 heavy (non-hydrogen) atoms. The Balaban J connectivity index is 1.83. The van der Waals surface area contributed by atoms with Crippen molar-refractivity contribution < 1.29 is 0 Å². The first kappa shape index (κ1) is 9.51. The van der Waals surface area contributed by atoms with Crippen LogP contribution in [0.5, 0.6) is 0 Å². The Labute approximate surface area is 87.9 Å². The molecule has 0 atom stereocenters. The van der Waals surface area contributed by atoms with Gasteiger partial charge in [-0.25, -0.2) is 4.98 Å². The molecule has 0 saturated heterocycles. The predicted octanol–water partition coefficient (Wildman–Crippen LogP) is 0.972. The maximum Gasteiger partial charge on any atom is 0.125 e. The van der Waals surface area contributed by atoms with Gasteiger partial charge in [0.1, 0.15) is 5.82 Å². The number of nitrogens with two attached hydrogens (primary N) is 1. The van der Waals surface area contributed by atoms with Gasteiger partial charge in [-0.3, -0.25) is 4.68 Å². The highest BCUT2D eigenvalue weighted by atomic mass is 15.3. The van der Waals surface area contributed by atoms with Crippen molar-refractivity contribution in [2.24, 2.45) is 0 Å². The summed E-state index contributed by atoms with van der Waals surface area (Å²) < 4.78 is 1.87. The van der Waals surface area contributed by atoms with Crippen LogP contribution >= 0.6 is 0 Å². The Bertz CT molecular complexity index is 410. The second-order valence-electron chi connectivity index (χ2n) is 3.17. The van der Waals surface area contributed by atoms with Crippen LogP contribution < -0.4 is 11.1 Å². The zero-order valence-corrected chi connectivity index (χ0v) is 8.30. The van der Waals surface area contributed by atoms with E-state index in [2.05, 4.69) is 15.4 Å². The highest BCUT2D eigenvalue weighted by Crippen LogP contribution is 2.08. The van der Waals surface area contributed by atoms with Crippen molar-refractivity contribution in [2.45, 2.75) is 6.54 Å². The van der Waals surface area contributed by atoms with E-state index in [1.54, 1.807) is 12.4 Å². The van der Waals surface area contributed by atoms with Crippen LogP contribution in [-0.2, 0) is 6.54 Å². The van der Waals surface area contributed by atoms with Gasteiger partial charge in [0.25, 0.3) is 0 Å². The number of anilines is 2. The molecule has 0 saturated carbocycles. The molecule has 2 aromatic rings. The smallest absolute Gasteiger partial charge is 0.125 e. The van der Waals surface area contributed by atoms with Crippen LogP contribution in [0, 0.1) is 0 Å². The van der Waals surface area contributed by atoms with Gasteiger partial charge in [-0.05, 0) is 12.1 Å². The standard InChI is InChI=1S/C10H13N5/c11-10-8-9(2-4-13-10)12-5-7-15-6-1-3-14-15/h1-4,6,8H,5,7H2,(H3,11,12,13). The van der Waals surface area contributed by atoms with Gasteiger partial charge in [0.2, 0.25) is 0 Å². The predicted molar refractivity (Wildman–Crippen MR) is 59.4 cm³/mol. The zero-order chi connectivity index (χ0) is 10.5. The molecule has 2 aromatic heterocycles. The molecule has 5 nitrogen and oxygen atoms in total. The van der Waals surface area contributed by atoms with E-state index >= 15 is 0 Å².